The first kappa shape index (κ1) is 17.7. The second-order valence-electron chi connectivity index (χ2n) is 6.44. The summed E-state index contributed by atoms with van der Waals surface area (Å²) in [5, 5.41) is 3.36. The standard InChI is InChI=1S/C21H16BrN5O2/c1-28-16-9-11(22)8-14(19(16)29-2)21-26-17-12-5-7-23-10-15(12)25-20-13(18(17)27-21)4-3-6-24-20/h3-10H,1-2H3,(H,24,25)(H,26,27). The van der Waals surface area contributed by atoms with Crippen LogP contribution < -0.4 is 14.8 Å². The second-order valence-corrected chi connectivity index (χ2v) is 7.36. The molecule has 0 saturated heterocycles. The highest BCUT2D eigenvalue weighted by atomic mass is 79.9. The first-order valence-electron chi connectivity index (χ1n) is 8.88. The minimum absolute atomic E-state index is 0.610. The molecule has 1 aliphatic rings. The summed E-state index contributed by atoms with van der Waals surface area (Å²) in [4.78, 5) is 17.1. The lowest BCUT2D eigenvalue weighted by atomic mass is 10.1. The lowest BCUT2D eigenvalue weighted by Gasteiger charge is -2.12. The van der Waals surface area contributed by atoms with Gasteiger partial charge in [0.05, 0.1) is 37.4 Å². The van der Waals surface area contributed by atoms with Crippen molar-refractivity contribution in [3.05, 3.63) is 53.4 Å². The lowest BCUT2D eigenvalue weighted by molar-refractivity contribution is 0.356. The number of hydrogen-bond donors (Lipinski definition) is 2. The van der Waals surface area contributed by atoms with Crippen LogP contribution in [0.25, 0.3) is 33.9 Å². The number of methoxy groups -OCH3 is 2. The molecule has 144 valence electrons. The zero-order chi connectivity index (χ0) is 20.0. The molecule has 0 saturated carbocycles. The van der Waals surface area contributed by atoms with Crippen LogP contribution in [0.15, 0.2) is 53.4 Å². The molecule has 1 aliphatic heterocycles. The van der Waals surface area contributed by atoms with Gasteiger partial charge in [0.1, 0.15) is 17.3 Å². The number of benzene rings is 1. The van der Waals surface area contributed by atoms with Crippen LogP contribution >= 0.6 is 15.9 Å². The zero-order valence-electron chi connectivity index (χ0n) is 15.7. The number of fused-ring (bicyclic) bond motifs is 5. The largest absolute Gasteiger partial charge is 0.493 e. The second kappa shape index (κ2) is 6.89. The van der Waals surface area contributed by atoms with Gasteiger partial charge in [0.15, 0.2) is 11.5 Å². The highest BCUT2D eigenvalue weighted by molar-refractivity contribution is 9.10. The predicted molar refractivity (Wildman–Crippen MR) is 115 cm³/mol. The Hall–Kier alpha value is -3.39. The van der Waals surface area contributed by atoms with Gasteiger partial charge in [0.2, 0.25) is 0 Å². The number of anilines is 2. The van der Waals surface area contributed by atoms with E-state index in [1.54, 1.807) is 32.8 Å². The number of halogens is 1. The van der Waals surface area contributed by atoms with E-state index in [0.717, 1.165) is 44.1 Å². The van der Waals surface area contributed by atoms with Gasteiger partial charge in [-0.25, -0.2) is 9.97 Å². The molecule has 8 heteroatoms. The molecule has 0 bridgehead atoms. The van der Waals surface area contributed by atoms with Crippen LogP contribution in [-0.2, 0) is 0 Å². The minimum Gasteiger partial charge on any atom is -0.493 e. The monoisotopic (exact) mass is 449 g/mol. The molecule has 4 heterocycles. The summed E-state index contributed by atoms with van der Waals surface area (Å²) in [5.41, 5.74) is 5.22. The summed E-state index contributed by atoms with van der Waals surface area (Å²) in [7, 11) is 3.23. The molecule has 0 aliphatic carbocycles. The van der Waals surface area contributed by atoms with Gasteiger partial charge in [-0.2, -0.15) is 0 Å². The number of pyridine rings is 2. The SMILES string of the molecule is COc1cc(Br)cc(-c2nc3c([nH]2)-c2ccncc2Nc2ncccc2-3)c1OC. The fourth-order valence-electron chi connectivity index (χ4n) is 3.53. The van der Waals surface area contributed by atoms with E-state index in [1.165, 1.54) is 0 Å². The quantitative estimate of drug-likeness (QED) is 0.401. The van der Waals surface area contributed by atoms with Crippen LogP contribution in [0.5, 0.6) is 11.5 Å². The maximum Gasteiger partial charge on any atom is 0.171 e. The van der Waals surface area contributed by atoms with Gasteiger partial charge >= 0.3 is 0 Å². The number of imidazole rings is 1. The van der Waals surface area contributed by atoms with Crippen molar-refractivity contribution in [2.24, 2.45) is 0 Å². The molecule has 0 atom stereocenters. The Morgan fingerprint density at radius 3 is 2.72 bits per heavy atom. The van der Waals surface area contributed by atoms with Crippen molar-refractivity contribution in [2.45, 2.75) is 0 Å². The van der Waals surface area contributed by atoms with E-state index < -0.39 is 0 Å². The number of hydrogen-bond acceptors (Lipinski definition) is 6. The van der Waals surface area contributed by atoms with Crippen molar-refractivity contribution in [1.29, 1.82) is 0 Å². The summed E-state index contributed by atoms with van der Waals surface area (Å²) in [6.45, 7) is 0. The third kappa shape index (κ3) is 2.84. The fourth-order valence-corrected chi connectivity index (χ4v) is 3.97. The number of aromatic amines is 1. The Labute approximate surface area is 175 Å². The summed E-state index contributed by atoms with van der Waals surface area (Å²) >= 11 is 3.54. The Balaban J connectivity index is 1.80. The van der Waals surface area contributed by atoms with Gasteiger partial charge in [0, 0.05) is 28.0 Å². The molecule has 3 aromatic heterocycles. The molecule has 1 aromatic carbocycles. The maximum absolute atomic E-state index is 5.63. The highest BCUT2D eigenvalue weighted by Crippen LogP contribution is 2.45. The van der Waals surface area contributed by atoms with Crippen molar-refractivity contribution < 1.29 is 9.47 Å². The Kier molecular flexibility index (Phi) is 4.21. The molecular formula is C21H16BrN5O2. The van der Waals surface area contributed by atoms with Crippen molar-refractivity contribution in [1.82, 2.24) is 19.9 Å². The highest BCUT2D eigenvalue weighted by Gasteiger charge is 2.25. The molecule has 0 spiro atoms. The molecule has 7 nitrogen and oxygen atoms in total. The zero-order valence-corrected chi connectivity index (χ0v) is 17.2. The Morgan fingerprint density at radius 1 is 1.00 bits per heavy atom. The molecule has 5 rings (SSSR count). The van der Waals surface area contributed by atoms with Gasteiger partial charge in [-0.05, 0) is 30.3 Å². The first-order chi connectivity index (χ1) is 14.2. The molecule has 0 fully saturated rings. The Bertz CT molecular complexity index is 1170. The number of nitrogens with one attached hydrogen (secondary N) is 2. The van der Waals surface area contributed by atoms with Crippen molar-refractivity contribution in [3.63, 3.8) is 0 Å². The third-order valence-corrected chi connectivity index (χ3v) is 5.27. The van der Waals surface area contributed by atoms with E-state index in [1.807, 2.05) is 30.3 Å². The van der Waals surface area contributed by atoms with Crippen molar-refractivity contribution in [3.8, 4) is 45.4 Å². The number of rotatable bonds is 3. The van der Waals surface area contributed by atoms with Crippen LogP contribution in [0.4, 0.5) is 11.5 Å². The van der Waals surface area contributed by atoms with Crippen LogP contribution in [0.3, 0.4) is 0 Å². The number of nitrogens with zero attached hydrogens (tertiary/aromatic N) is 3. The fraction of sp³-hybridized carbons (Fsp3) is 0.0952. The van der Waals surface area contributed by atoms with Gasteiger partial charge in [-0.1, -0.05) is 15.9 Å². The van der Waals surface area contributed by atoms with Gasteiger partial charge in [-0.15, -0.1) is 0 Å². The van der Waals surface area contributed by atoms with Gasteiger partial charge < -0.3 is 19.8 Å². The number of aromatic nitrogens is 4. The first-order valence-corrected chi connectivity index (χ1v) is 9.67. The maximum atomic E-state index is 5.63. The van der Waals surface area contributed by atoms with Crippen LogP contribution in [-0.4, -0.2) is 34.2 Å². The lowest BCUT2D eigenvalue weighted by Crippen LogP contribution is -1.97. The minimum atomic E-state index is 0.610. The molecule has 0 radical (unpaired) electrons. The van der Waals surface area contributed by atoms with Gasteiger partial charge in [-0.3, -0.25) is 4.98 Å². The summed E-state index contributed by atoms with van der Waals surface area (Å²) in [5.74, 6) is 2.64. The van der Waals surface area contributed by atoms with Crippen molar-refractivity contribution in [2.75, 3.05) is 19.5 Å². The average molecular weight is 450 g/mol. The molecule has 29 heavy (non-hydrogen) atoms. The van der Waals surface area contributed by atoms with E-state index in [4.69, 9.17) is 14.5 Å². The molecule has 0 unspecified atom stereocenters. The number of ether oxygens (including phenoxy) is 2. The molecule has 0 amide bonds. The van der Waals surface area contributed by atoms with Crippen LogP contribution in [0.1, 0.15) is 0 Å². The van der Waals surface area contributed by atoms with Crippen LogP contribution in [0.2, 0.25) is 0 Å². The summed E-state index contributed by atoms with van der Waals surface area (Å²) < 4.78 is 12.0. The Morgan fingerprint density at radius 2 is 1.90 bits per heavy atom. The summed E-state index contributed by atoms with van der Waals surface area (Å²) in [6.07, 6.45) is 5.30. The van der Waals surface area contributed by atoms with Crippen LogP contribution in [0, 0.1) is 0 Å². The molecular weight excluding hydrogens is 434 g/mol. The smallest absolute Gasteiger partial charge is 0.171 e. The van der Waals surface area contributed by atoms with Gasteiger partial charge in [0.25, 0.3) is 0 Å². The van der Waals surface area contributed by atoms with E-state index in [9.17, 15) is 0 Å². The molecule has 4 aromatic rings. The predicted octanol–water partition coefficient (Wildman–Crippen LogP) is 5.04. The molecule has 2 N–H and O–H groups in total. The normalized spacial score (nSPS) is 11.6. The van der Waals surface area contributed by atoms with E-state index in [-0.39, 0.29) is 0 Å². The van der Waals surface area contributed by atoms with Crippen molar-refractivity contribution >= 4 is 27.4 Å². The number of H-pyrrole nitrogens is 1. The summed E-state index contributed by atoms with van der Waals surface area (Å²) in [6, 6.07) is 9.66. The topological polar surface area (TPSA) is 85.0 Å². The third-order valence-electron chi connectivity index (χ3n) is 4.81. The van der Waals surface area contributed by atoms with E-state index >= 15 is 0 Å². The average Bonchev–Trinajstić information content (AvgIpc) is 3.13. The van der Waals surface area contributed by atoms with E-state index in [0.29, 0.717) is 17.3 Å². The van der Waals surface area contributed by atoms with E-state index in [2.05, 4.69) is 36.2 Å².